The summed E-state index contributed by atoms with van der Waals surface area (Å²) in [5, 5.41) is 3.97. The predicted octanol–water partition coefficient (Wildman–Crippen LogP) is 5.39. The van der Waals surface area contributed by atoms with E-state index in [-0.39, 0.29) is 11.9 Å². The first-order valence-corrected chi connectivity index (χ1v) is 11.2. The number of benzene rings is 1. The highest BCUT2D eigenvalue weighted by molar-refractivity contribution is 9.10. The minimum atomic E-state index is -0.228. The van der Waals surface area contributed by atoms with Crippen LogP contribution in [0, 0.1) is 13.8 Å². The second-order valence-corrected chi connectivity index (χ2v) is 9.20. The molecular formula is C22H23BrN2O3S. The molecule has 1 fully saturated rings. The maximum absolute atomic E-state index is 12.7. The van der Waals surface area contributed by atoms with E-state index in [0.29, 0.717) is 19.0 Å². The zero-order valence-electron chi connectivity index (χ0n) is 16.4. The van der Waals surface area contributed by atoms with Gasteiger partial charge in [-0.25, -0.2) is 0 Å². The molecule has 0 bridgehead atoms. The number of hydrogen-bond donors (Lipinski definition) is 1. The molecule has 1 saturated heterocycles. The SMILES string of the molecule is Cc1sc(NC(=O)c2ccco2)c([C@H](c2ccc(Br)cc2)N2CCOCC2)c1C. The van der Waals surface area contributed by atoms with Gasteiger partial charge in [0.15, 0.2) is 5.76 Å². The van der Waals surface area contributed by atoms with Gasteiger partial charge in [-0.05, 0) is 49.2 Å². The Morgan fingerprint density at radius 3 is 2.55 bits per heavy atom. The Morgan fingerprint density at radius 1 is 1.17 bits per heavy atom. The van der Waals surface area contributed by atoms with Gasteiger partial charge in [0.2, 0.25) is 0 Å². The van der Waals surface area contributed by atoms with Crippen molar-refractivity contribution in [1.82, 2.24) is 4.90 Å². The number of carbonyl (C=O) groups excluding carboxylic acids is 1. The van der Waals surface area contributed by atoms with E-state index in [1.54, 1.807) is 23.5 Å². The Morgan fingerprint density at radius 2 is 1.90 bits per heavy atom. The Bertz CT molecular complexity index is 976. The molecular weight excluding hydrogens is 452 g/mol. The molecule has 0 aliphatic carbocycles. The molecule has 29 heavy (non-hydrogen) atoms. The zero-order valence-corrected chi connectivity index (χ0v) is 18.8. The number of ether oxygens (including phenoxy) is 1. The third-order valence-electron chi connectivity index (χ3n) is 5.27. The summed E-state index contributed by atoms with van der Waals surface area (Å²) in [6.45, 7) is 7.36. The van der Waals surface area contributed by atoms with Crippen LogP contribution in [-0.2, 0) is 4.74 Å². The van der Waals surface area contributed by atoms with Crippen molar-refractivity contribution in [3.05, 3.63) is 74.5 Å². The molecule has 7 heteroatoms. The molecule has 3 heterocycles. The minimum absolute atomic E-state index is 0.0452. The summed E-state index contributed by atoms with van der Waals surface area (Å²) in [7, 11) is 0. The predicted molar refractivity (Wildman–Crippen MR) is 119 cm³/mol. The van der Waals surface area contributed by atoms with Crippen LogP contribution in [0.25, 0.3) is 0 Å². The number of nitrogens with zero attached hydrogens (tertiary/aromatic N) is 1. The molecule has 0 radical (unpaired) electrons. The number of aryl methyl sites for hydroxylation is 1. The van der Waals surface area contributed by atoms with E-state index in [2.05, 4.69) is 64.3 Å². The van der Waals surface area contributed by atoms with E-state index in [0.717, 1.165) is 28.1 Å². The van der Waals surface area contributed by atoms with Crippen molar-refractivity contribution in [2.24, 2.45) is 0 Å². The van der Waals surface area contributed by atoms with Crippen LogP contribution in [0.4, 0.5) is 5.00 Å². The van der Waals surface area contributed by atoms with Gasteiger partial charge in [-0.15, -0.1) is 11.3 Å². The summed E-state index contributed by atoms with van der Waals surface area (Å²) in [6.07, 6.45) is 1.51. The smallest absolute Gasteiger partial charge is 0.291 e. The maximum atomic E-state index is 12.7. The highest BCUT2D eigenvalue weighted by Crippen LogP contribution is 2.42. The summed E-state index contributed by atoms with van der Waals surface area (Å²) in [5.74, 6) is 0.0836. The fourth-order valence-electron chi connectivity index (χ4n) is 3.68. The van der Waals surface area contributed by atoms with Crippen LogP contribution in [-0.4, -0.2) is 37.1 Å². The molecule has 5 nitrogen and oxygen atoms in total. The van der Waals surface area contributed by atoms with Crippen molar-refractivity contribution in [2.45, 2.75) is 19.9 Å². The van der Waals surface area contributed by atoms with Crippen molar-refractivity contribution in [1.29, 1.82) is 0 Å². The highest BCUT2D eigenvalue weighted by Gasteiger charge is 2.30. The molecule has 3 aromatic rings. The molecule has 0 spiro atoms. The van der Waals surface area contributed by atoms with Crippen LogP contribution < -0.4 is 5.32 Å². The average Bonchev–Trinajstić information content (AvgIpc) is 3.35. The molecule has 1 aliphatic heterocycles. The molecule has 1 N–H and O–H groups in total. The Hall–Kier alpha value is -1.93. The van der Waals surface area contributed by atoms with Gasteiger partial charge in [0.1, 0.15) is 5.00 Å². The summed E-state index contributed by atoms with van der Waals surface area (Å²) in [6, 6.07) is 11.9. The summed E-state index contributed by atoms with van der Waals surface area (Å²) >= 11 is 5.15. The Kier molecular flexibility index (Phi) is 6.20. The van der Waals surface area contributed by atoms with Gasteiger partial charge in [-0.2, -0.15) is 0 Å². The number of halogens is 1. The van der Waals surface area contributed by atoms with Gasteiger partial charge in [0, 0.05) is 28.0 Å². The van der Waals surface area contributed by atoms with E-state index in [1.165, 1.54) is 22.3 Å². The number of hydrogen-bond acceptors (Lipinski definition) is 5. The first-order chi connectivity index (χ1) is 14.0. The first kappa shape index (κ1) is 20.3. The Balaban J connectivity index is 1.77. The van der Waals surface area contributed by atoms with Gasteiger partial charge in [0.25, 0.3) is 5.91 Å². The van der Waals surface area contributed by atoms with E-state index in [4.69, 9.17) is 9.15 Å². The molecule has 152 valence electrons. The third-order valence-corrected chi connectivity index (χ3v) is 6.94. The van der Waals surface area contributed by atoms with E-state index in [9.17, 15) is 4.79 Å². The molecule has 0 saturated carbocycles. The van der Waals surface area contributed by atoms with Crippen LogP contribution >= 0.6 is 27.3 Å². The largest absolute Gasteiger partial charge is 0.459 e. The molecule has 0 unspecified atom stereocenters. The molecule has 4 rings (SSSR count). The lowest BCUT2D eigenvalue weighted by atomic mass is 9.94. The summed E-state index contributed by atoms with van der Waals surface area (Å²) in [5.41, 5.74) is 3.56. The molecule has 1 aromatic carbocycles. The van der Waals surface area contributed by atoms with Crippen LogP contribution in [0.2, 0.25) is 0 Å². The number of morpholine rings is 1. The quantitative estimate of drug-likeness (QED) is 0.538. The summed E-state index contributed by atoms with van der Waals surface area (Å²) in [4.78, 5) is 16.3. The standard InChI is InChI=1S/C22H23BrN2O3S/c1-14-15(2)29-22(24-21(26)18-4-3-11-28-18)19(14)20(25-9-12-27-13-10-25)16-5-7-17(23)8-6-16/h3-8,11,20H,9-10,12-13H2,1-2H3,(H,24,26)/t20-/m0/s1. The van der Waals surface area contributed by atoms with Crippen molar-refractivity contribution in [3.63, 3.8) is 0 Å². The van der Waals surface area contributed by atoms with Gasteiger partial charge in [0.05, 0.1) is 25.5 Å². The van der Waals surface area contributed by atoms with Crippen molar-refractivity contribution < 1.29 is 13.9 Å². The second kappa shape index (κ2) is 8.83. The fourth-order valence-corrected chi connectivity index (χ4v) is 5.03. The number of thiophene rings is 1. The second-order valence-electron chi connectivity index (χ2n) is 7.06. The van der Waals surface area contributed by atoms with Crippen LogP contribution in [0.5, 0.6) is 0 Å². The third kappa shape index (κ3) is 4.33. The highest BCUT2D eigenvalue weighted by atomic mass is 79.9. The lowest BCUT2D eigenvalue weighted by Gasteiger charge is -2.35. The average molecular weight is 475 g/mol. The number of carbonyl (C=O) groups is 1. The fraction of sp³-hybridized carbons (Fsp3) is 0.318. The molecule has 2 aromatic heterocycles. The minimum Gasteiger partial charge on any atom is -0.459 e. The number of furan rings is 1. The first-order valence-electron chi connectivity index (χ1n) is 9.56. The van der Waals surface area contributed by atoms with Crippen LogP contribution in [0.3, 0.4) is 0 Å². The van der Waals surface area contributed by atoms with Crippen molar-refractivity contribution in [3.8, 4) is 0 Å². The van der Waals surface area contributed by atoms with Gasteiger partial charge < -0.3 is 14.5 Å². The Labute approximate surface area is 182 Å². The van der Waals surface area contributed by atoms with E-state index >= 15 is 0 Å². The molecule has 1 atom stereocenters. The monoisotopic (exact) mass is 474 g/mol. The lowest BCUT2D eigenvalue weighted by Crippen LogP contribution is -2.39. The maximum Gasteiger partial charge on any atom is 0.291 e. The topological polar surface area (TPSA) is 54.7 Å². The number of rotatable bonds is 5. The van der Waals surface area contributed by atoms with Crippen LogP contribution in [0.15, 0.2) is 51.6 Å². The number of anilines is 1. The van der Waals surface area contributed by atoms with E-state index < -0.39 is 0 Å². The van der Waals surface area contributed by atoms with Gasteiger partial charge >= 0.3 is 0 Å². The van der Waals surface area contributed by atoms with Crippen LogP contribution in [0.1, 0.15) is 38.2 Å². The molecule has 1 amide bonds. The van der Waals surface area contributed by atoms with E-state index in [1.807, 2.05) is 0 Å². The number of nitrogens with one attached hydrogen (secondary N) is 1. The summed E-state index contributed by atoms with van der Waals surface area (Å²) < 4.78 is 11.9. The normalized spacial score (nSPS) is 16.0. The lowest BCUT2D eigenvalue weighted by molar-refractivity contribution is 0.0240. The van der Waals surface area contributed by atoms with Crippen molar-refractivity contribution >= 4 is 38.2 Å². The number of amides is 1. The van der Waals surface area contributed by atoms with Gasteiger partial charge in [-0.3, -0.25) is 9.69 Å². The molecule has 1 aliphatic rings. The zero-order chi connectivity index (χ0) is 20.4. The van der Waals surface area contributed by atoms with Gasteiger partial charge in [-0.1, -0.05) is 28.1 Å². The van der Waals surface area contributed by atoms with Crippen molar-refractivity contribution in [2.75, 3.05) is 31.6 Å².